The van der Waals surface area contributed by atoms with Crippen molar-refractivity contribution in [1.29, 1.82) is 0 Å². The highest BCUT2D eigenvalue weighted by Gasteiger charge is 2.13. The third kappa shape index (κ3) is 6.70. The molecule has 7 heteroatoms. The molecule has 0 heterocycles. The number of aryl methyl sites for hydroxylation is 2. The Morgan fingerprint density at radius 2 is 1.64 bits per heavy atom. The van der Waals surface area contributed by atoms with Gasteiger partial charge in [-0.3, -0.25) is 14.4 Å². The third-order valence-corrected chi connectivity index (χ3v) is 4.24. The average Bonchev–Trinajstić information content (AvgIpc) is 2.64. The molecular formula is C21H23ClN2O4. The van der Waals surface area contributed by atoms with Crippen molar-refractivity contribution in [3.05, 3.63) is 69.7 Å². The predicted octanol–water partition coefficient (Wildman–Crippen LogP) is 3.11. The van der Waals surface area contributed by atoms with Gasteiger partial charge in [-0.2, -0.15) is 0 Å². The number of ether oxygens (including phenoxy) is 1. The molecule has 0 aromatic heterocycles. The van der Waals surface area contributed by atoms with Crippen LogP contribution in [0.4, 0.5) is 0 Å². The molecule has 1 atom stereocenters. The van der Waals surface area contributed by atoms with Crippen LogP contribution in [-0.4, -0.2) is 30.9 Å². The Hall–Kier alpha value is -2.86. The zero-order valence-corrected chi connectivity index (χ0v) is 16.8. The van der Waals surface area contributed by atoms with Crippen LogP contribution in [0.3, 0.4) is 0 Å². The summed E-state index contributed by atoms with van der Waals surface area (Å²) in [5, 5.41) is 5.83. The molecule has 148 valence electrons. The quantitative estimate of drug-likeness (QED) is 0.697. The highest BCUT2D eigenvalue weighted by molar-refractivity contribution is 6.30. The van der Waals surface area contributed by atoms with Crippen LogP contribution < -0.4 is 10.6 Å². The van der Waals surface area contributed by atoms with Crippen molar-refractivity contribution in [2.45, 2.75) is 26.8 Å². The summed E-state index contributed by atoms with van der Waals surface area (Å²) in [5.74, 6) is -1.49. The highest BCUT2D eigenvalue weighted by Crippen LogP contribution is 2.15. The molecule has 6 nitrogen and oxygen atoms in total. The fourth-order valence-corrected chi connectivity index (χ4v) is 2.80. The first-order valence-electron chi connectivity index (χ1n) is 8.81. The lowest BCUT2D eigenvalue weighted by Crippen LogP contribution is -2.34. The van der Waals surface area contributed by atoms with Gasteiger partial charge in [0.05, 0.1) is 6.04 Å². The molecule has 2 amide bonds. The summed E-state index contributed by atoms with van der Waals surface area (Å²) in [4.78, 5) is 35.8. The maximum atomic E-state index is 12.1. The van der Waals surface area contributed by atoms with E-state index in [0.29, 0.717) is 10.6 Å². The normalized spacial score (nSPS) is 11.4. The molecule has 28 heavy (non-hydrogen) atoms. The number of hydrogen-bond donors (Lipinski definition) is 2. The fraction of sp³-hybridized carbons (Fsp3) is 0.286. The highest BCUT2D eigenvalue weighted by atomic mass is 35.5. The molecule has 0 aliphatic carbocycles. The van der Waals surface area contributed by atoms with Crippen molar-refractivity contribution in [2.75, 3.05) is 13.2 Å². The van der Waals surface area contributed by atoms with Gasteiger partial charge in [-0.25, -0.2) is 0 Å². The molecule has 0 bridgehead atoms. The predicted molar refractivity (Wildman–Crippen MR) is 107 cm³/mol. The number of hydrogen-bond acceptors (Lipinski definition) is 4. The lowest BCUT2D eigenvalue weighted by Gasteiger charge is -2.14. The van der Waals surface area contributed by atoms with Crippen molar-refractivity contribution in [3.63, 3.8) is 0 Å². The first-order valence-corrected chi connectivity index (χ1v) is 9.19. The number of benzene rings is 2. The summed E-state index contributed by atoms with van der Waals surface area (Å²) < 4.78 is 4.91. The molecule has 0 aliphatic heterocycles. The van der Waals surface area contributed by atoms with Crippen molar-refractivity contribution < 1.29 is 19.1 Å². The molecule has 2 aromatic rings. The monoisotopic (exact) mass is 402 g/mol. The molecule has 1 unspecified atom stereocenters. The van der Waals surface area contributed by atoms with E-state index >= 15 is 0 Å². The summed E-state index contributed by atoms with van der Waals surface area (Å²) in [6, 6.07) is 12.3. The maximum absolute atomic E-state index is 12.1. The van der Waals surface area contributed by atoms with E-state index in [0.717, 1.165) is 16.7 Å². The van der Waals surface area contributed by atoms with E-state index in [1.54, 1.807) is 24.3 Å². The standard InChI is InChI=1S/C21H23ClN2O4/c1-13-8-14(2)10-17(9-13)21(27)23-11-20(26)28-12-19(25)24-15(3)16-4-6-18(22)7-5-16/h4-10,15H,11-12H2,1-3H3,(H,23,27)(H,24,25). The van der Waals surface area contributed by atoms with Gasteiger partial charge in [-0.05, 0) is 50.6 Å². The smallest absolute Gasteiger partial charge is 0.325 e. The Morgan fingerprint density at radius 1 is 1.04 bits per heavy atom. The largest absolute Gasteiger partial charge is 0.454 e. The van der Waals surface area contributed by atoms with E-state index in [4.69, 9.17) is 16.3 Å². The van der Waals surface area contributed by atoms with Crippen LogP contribution in [0.5, 0.6) is 0 Å². The van der Waals surface area contributed by atoms with Gasteiger partial charge in [-0.15, -0.1) is 0 Å². The zero-order valence-electron chi connectivity index (χ0n) is 16.0. The van der Waals surface area contributed by atoms with Crippen molar-refractivity contribution in [3.8, 4) is 0 Å². The van der Waals surface area contributed by atoms with Crippen molar-refractivity contribution in [2.24, 2.45) is 0 Å². The molecule has 2 N–H and O–H groups in total. The third-order valence-electron chi connectivity index (χ3n) is 3.99. The van der Waals surface area contributed by atoms with E-state index in [9.17, 15) is 14.4 Å². The zero-order chi connectivity index (χ0) is 20.7. The van der Waals surface area contributed by atoms with E-state index in [1.165, 1.54) is 0 Å². The Balaban J connectivity index is 1.74. The second-order valence-corrected chi connectivity index (χ2v) is 7.00. The van der Waals surface area contributed by atoms with Crippen LogP contribution in [0.1, 0.15) is 40.0 Å². The minimum absolute atomic E-state index is 0.257. The second kappa shape index (κ2) is 9.90. The topological polar surface area (TPSA) is 84.5 Å². The van der Waals surface area contributed by atoms with E-state index in [1.807, 2.05) is 39.0 Å². The fourth-order valence-electron chi connectivity index (χ4n) is 2.68. The van der Waals surface area contributed by atoms with Crippen LogP contribution in [0.2, 0.25) is 5.02 Å². The molecule has 0 spiro atoms. The number of halogens is 1. The molecule has 2 rings (SSSR count). The number of amides is 2. The number of esters is 1. The van der Waals surface area contributed by atoms with Crippen molar-refractivity contribution in [1.82, 2.24) is 10.6 Å². The molecule has 0 saturated carbocycles. The van der Waals surface area contributed by atoms with Crippen LogP contribution in [0.25, 0.3) is 0 Å². The van der Waals surface area contributed by atoms with Crippen molar-refractivity contribution >= 4 is 29.4 Å². The SMILES string of the molecule is Cc1cc(C)cc(C(=O)NCC(=O)OCC(=O)NC(C)c2ccc(Cl)cc2)c1. The van der Waals surface area contributed by atoms with E-state index in [-0.39, 0.29) is 18.5 Å². The second-order valence-electron chi connectivity index (χ2n) is 6.56. The Kier molecular flexibility index (Phi) is 7.58. The van der Waals surface area contributed by atoms with Gasteiger partial charge in [0.2, 0.25) is 0 Å². The first kappa shape index (κ1) is 21.4. The summed E-state index contributed by atoms with van der Waals surface area (Å²) in [6.45, 7) is 4.86. The first-order chi connectivity index (χ1) is 13.2. The summed E-state index contributed by atoms with van der Waals surface area (Å²) in [6.07, 6.45) is 0. The van der Waals surface area contributed by atoms with Gasteiger partial charge in [-0.1, -0.05) is 40.9 Å². The van der Waals surface area contributed by atoms with Crippen LogP contribution in [0, 0.1) is 13.8 Å². The number of carbonyl (C=O) groups excluding carboxylic acids is 3. The van der Waals surface area contributed by atoms with Gasteiger partial charge in [0.1, 0.15) is 6.54 Å². The summed E-state index contributed by atoms with van der Waals surface area (Å²) >= 11 is 5.84. The van der Waals surface area contributed by atoms with Gasteiger partial charge in [0.15, 0.2) is 6.61 Å². The van der Waals surface area contributed by atoms with Crippen LogP contribution in [-0.2, 0) is 14.3 Å². The number of rotatable bonds is 7. The summed E-state index contributed by atoms with van der Waals surface area (Å²) in [5.41, 5.74) is 3.27. The minimum Gasteiger partial charge on any atom is -0.454 e. The Bertz CT molecular complexity index is 845. The van der Waals surface area contributed by atoms with Crippen LogP contribution >= 0.6 is 11.6 Å². The minimum atomic E-state index is -0.688. The van der Waals surface area contributed by atoms with Gasteiger partial charge in [0.25, 0.3) is 11.8 Å². The molecular weight excluding hydrogens is 380 g/mol. The maximum Gasteiger partial charge on any atom is 0.325 e. The molecule has 0 aliphatic rings. The molecule has 0 radical (unpaired) electrons. The lowest BCUT2D eigenvalue weighted by molar-refractivity contribution is -0.147. The summed E-state index contributed by atoms with van der Waals surface area (Å²) in [7, 11) is 0. The van der Waals surface area contributed by atoms with Crippen LogP contribution in [0.15, 0.2) is 42.5 Å². The van der Waals surface area contributed by atoms with Gasteiger partial charge < -0.3 is 15.4 Å². The van der Waals surface area contributed by atoms with E-state index < -0.39 is 18.5 Å². The van der Waals surface area contributed by atoms with Gasteiger partial charge in [0, 0.05) is 10.6 Å². The molecule has 2 aromatic carbocycles. The lowest BCUT2D eigenvalue weighted by atomic mass is 10.1. The average molecular weight is 403 g/mol. The molecule has 0 saturated heterocycles. The van der Waals surface area contributed by atoms with Gasteiger partial charge >= 0.3 is 5.97 Å². The Morgan fingerprint density at radius 3 is 2.25 bits per heavy atom. The number of nitrogens with one attached hydrogen (secondary N) is 2. The van der Waals surface area contributed by atoms with E-state index in [2.05, 4.69) is 10.6 Å². The Labute approximate surface area is 169 Å². The number of carbonyl (C=O) groups is 3. The molecule has 0 fully saturated rings.